The quantitative estimate of drug-likeness (QED) is 0.666. The Hall–Kier alpha value is 0.383. The van der Waals surface area contributed by atoms with Gasteiger partial charge in [0.25, 0.3) is 0 Å². The van der Waals surface area contributed by atoms with E-state index < -0.39 is 0 Å². The van der Waals surface area contributed by atoms with Crippen LogP contribution < -0.4 is 0 Å². The van der Waals surface area contributed by atoms with Crippen LogP contribution >= 0.6 is 0 Å². The van der Waals surface area contributed by atoms with Crippen LogP contribution in [0.1, 0.15) is 0 Å². The molecule has 78 valence electrons. The van der Waals surface area contributed by atoms with Gasteiger partial charge in [-0.15, -0.1) is 0 Å². The zero-order chi connectivity index (χ0) is 10.2. The van der Waals surface area contributed by atoms with Crippen molar-refractivity contribution in [3.63, 3.8) is 0 Å². The van der Waals surface area contributed by atoms with Crippen LogP contribution in [0.3, 0.4) is 0 Å². The summed E-state index contributed by atoms with van der Waals surface area (Å²) in [7, 11) is 0. The summed E-state index contributed by atoms with van der Waals surface area (Å²) in [6, 6.07) is 0. The third kappa shape index (κ3) is 117. The van der Waals surface area contributed by atoms with Gasteiger partial charge in [0.1, 0.15) is 0 Å². The number of nitrogens with one attached hydrogen (secondary N) is 6. The predicted octanol–water partition coefficient (Wildman–Crippen LogP) is 3.27. The molecule has 0 saturated carbocycles. The molecule has 0 aromatic heterocycles. The number of hydrogen-bond donors (Lipinski definition) is 0. The Morgan fingerprint density at radius 2 is 0.462 bits per heavy atom. The first-order valence-corrected chi connectivity index (χ1v) is 3.62. The van der Waals surface area contributed by atoms with E-state index >= 15 is 0 Å². The van der Waals surface area contributed by atoms with E-state index in [2.05, 4.69) is 0 Å². The standard InChI is InChI=1S/3C2H6N2.Zn/c3*3-1-2-4;/h3*3-4H,1-2H2;/q3*-2;+2. The van der Waals surface area contributed by atoms with Crippen molar-refractivity contribution in [2.75, 3.05) is 39.3 Å². The van der Waals surface area contributed by atoms with Gasteiger partial charge in [-0.1, -0.05) is 0 Å². The first kappa shape index (κ1) is 23.3. The van der Waals surface area contributed by atoms with E-state index in [1.54, 1.807) is 0 Å². The van der Waals surface area contributed by atoms with Crippen LogP contribution in [0.15, 0.2) is 0 Å². The Kier molecular flexibility index (Phi) is 70.6. The maximum Gasteiger partial charge on any atom is 2.00 e. The fourth-order valence-electron chi connectivity index (χ4n) is 0. The second-order valence-electron chi connectivity index (χ2n) is 1.50. The topological polar surface area (TPSA) is 143 Å². The predicted molar refractivity (Wildman–Crippen MR) is 55.1 cm³/mol. The Labute approximate surface area is 93.5 Å². The van der Waals surface area contributed by atoms with Gasteiger partial charge < -0.3 is 34.4 Å². The van der Waals surface area contributed by atoms with E-state index in [1.807, 2.05) is 0 Å². The SMILES string of the molecule is [NH-]CC[NH-].[NH-]CC[NH-].[NH-]CC[NH-].[Zn+2]. The molecule has 0 spiro atoms. The minimum Gasteiger partial charge on any atom is -0.679 e. The molecule has 6 N–H and O–H groups in total. The monoisotopic (exact) mass is 238 g/mol. The molecule has 0 saturated heterocycles. The van der Waals surface area contributed by atoms with Crippen molar-refractivity contribution in [1.82, 2.24) is 0 Å². The van der Waals surface area contributed by atoms with Crippen molar-refractivity contribution in [3.8, 4) is 0 Å². The molecule has 0 unspecified atom stereocenters. The summed E-state index contributed by atoms with van der Waals surface area (Å²) in [5.41, 5.74) is 37.6. The van der Waals surface area contributed by atoms with Crippen LogP contribution in [-0.2, 0) is 19.5 Å². The van der Waals surface area contributed by atoms with E-state index in [-0.39, 0.29) is 58.7 Å². The summed E-state index contributed by atoms with van der Waals surface area (Å²) in [5, 5.41) is 0. The van der Waals surface area contributed by atoms with E-state index in [0.29, 0.717) is 0 Å². The number of rotatable bonds is 3. The minimum absolute atomic E-state index is 0. The average molecular weight is 240 g/mol. The first-order chi connectivity index (χ1) is 5.74. The molecular formula is C6H18N6Zn-4. The van der Waals surface area contributed by atoms with E-state index in [9.17, 15) is 0 Å². The molecule has 0 rings (SSSR count). The molecule has 6 nitrogen and oxygen atoms in total. The minimum atomic E-state index is 0. The molecule has 0 atom stereocenters. The average Bonchev–Trinajstić information content (AvgIpc) is 2.18. The number of hydrogen-bond acceptors (Lipinski definition) is 0. The van der Waals surface area contributed by atoms with Crippen molar-refractivity contribution in [1.29, 1.82) is 0 Å². The Morgan fingerprint density at radius 3 is 0.462 bits per heavy atom. The van der Waals surface area contributed by atoms with Gasteiger partial charge in [-0.25, -0.2) is 0 Å². The van der Waals surface area contributed by atoms with Crippen LogP contribution in [0.25, 0.3) is 34.4 Å². The molecule has 0 aromatic rings. The summed E-state index contributed by atoms with van der Waals surface area (Å²) >= 11 is 0. The molecule has 0 fully saturated rings. The van der Waals surface area contributed by atoms with Gasteiger partial charge in [0.05, 0.1) is 0 Å². The smallest absolute Gasteiger partial charge is 0.679 e. The van der Waals surface area contributed by atoms with Crippen molar-refractivity contribution in [3.05, 3.63) is 34.4 Å². The fourth-order valence-corrected chi connectivity index (χ4v) is 0. The second kappa shape index (κ2) is 39.4. The molecule has 0 amide bonds. The third-order valence-corrected chi connectivity index (χ3v) is 0.375. The molecule has 0 aromatic carbocycles. The van der Waals surface area contributed by atoms with Crippen molar-refractivity contribution in [2.45, 2.75) is 0 Å². The van der Waals surface area contributed by atoms with Crippen LogP contribution in [0.5, 0.6) is 0 Å². The molecule has 13 heavy (non-hydrogen) atoms. The Morgan fingerprint density at radius 1 is 0.385 bits per heavy atom. The van der Waals surface area contributed by atoms with Crippen LogP contribution in [0.4, 0.5) is 0 Å². The van der Waals surface area contributed by atoms with Gasteiger partial charge in [-0.2, -0.15) is 39.3 Å². The van der Waals surface area contributed by atoms with Crippen LogP contribution in [0.2, 0.25) is 0 Å². The third-order valence-electron chi connectivity index (χ3n) is 0.375. The Balaban J connectivity index is -0.0000000450. The van der Waals surface area contributed by atoms with E-state index in [1.165, 1.54) is 0 Å². The van der Waals surface area contributed by atoms with Crippen molar-refractivity contribution in [2.24, 2.45) is 0 Å². The maximum atomic E-state index is 6.26. The molecule has 0 aliphatic rings. The molecule has 0 aliphatic carbocycles. The molecule has 0 heterocycles. The summed E-state index contributed by atoms with van der Waals surface area (Å²) in [5.74, 6) is 0. The van der Waals surface area contributed by atoms with E-state index in [0.717, 1.165) is 0 Å². The van der Waals surface area contributed by atoms with E-state index in [4.69, 9.17) is 34.4 Å². The zero-order valence-corrected chi connectivity index (χ0v) is 10.9. The Bertz CT molecular complexity index is 32.6. The van der Waals surface area contributed by atoms with Crippen molar-refractivity contribution < 1.29 is 19.5 Å². The van der Waals surface area contributed by atoms with Crippen LogP contribution in [-0.4, -0.2) is 39.3 Å². The van der Waals surface area contributed by atoms with Crippen molar-refractivity contribution >= 4 is 0 Å². The molecular weight excluding hydrogens is 221 g/mol. The summed E-state index contributed by atoms with van der Waals surface area (Å²) in [4.78, 5) is 0. The van der Waals surface area contributed by atoms with Gasteiger partial charge in [0, 0.05) is 0 Å². The first-order valence-electron chi connectivity index (χ1n) is 3.62. The normalized spacial score (nSPS) is 6.92. The summed E-state index contributed by atoms with van der Waals surface area (Å²) in [6.07, 6.45) is 0. The zero-order valence-electron chi connectivity index (χ0n) is 7.95. The largest absolute Gasteiger partial charge is 2.00 e. The van der Waals surface area contributed by atoms with Gasteiger partial charge >= 0.3 is 19.5 Å². The summed E-state index contributed by atoms with van der Waals surface area (Å²) < 4.78 is 0. The van der Waals surface area contributed by atoms with Gasteiger partial charge in [0.2, 0.25) is 0 Å². The molecule has 0 radical (unpaired) electrons. The molecule has 0 aliphatic heterocycles. The maximum absolute atomic E-state index is 6.26. The molecule has 0 bridgehead atoms. The molecule has 7 heteroatoms. The summed E-state index contributed by atoms with van der Waals surface area (Å²) in [6.45, 7) is 1.42. The van der Waals surface area contributed by atoms with Gasteiger partial charge in [0.15, 0.2) is 0 Å². The second-order valence-corrected chi connectivity index (χ2v) is 1.50. The van der Waals surface area contributed by atoms with Gasteiger partial charge in [-0.05, 0) is 0 Å². The fraction of sp³-hybridized carbons (Fsp3) is 1.00. The van der Waals surface area contributed by atoms with Crippen LogP contribution in [0, 0.1) is 0 Å². The van der Waals surface area contributed by atoms with Gasteiger partial charge in [-0.3, -0.25) is 0 Å².